The third-order valence-electron chi connectivity index (χ3n) is 4.10. The van der Waals surface area contributed by atoms with Gasteiger partial charge in [0.25, 0.3) is 0 Å². The third-order valence-corrected chi connectivity index (χ3v) is 4.10. The maximum absolute atomic E-state index is 6.03. The second kappa shape index (κ2) is 8.30. The van der Waals surface area contributed by atoms with Crippen LogP contribution in [0, 0.1) is 0 Å². The maximum Gasteiger partial charge on any atom is 0.119 e. The summed E-state index contributed by atoms with van der Waals surface area (Å²) in [6, 6.07) is 22.9. The molecule has 1 unspecified atom stereocenters. The van der Waals surface area contributed by atoms with Crippen LogP contribution in [0.4, 0.5) is 0 Å². The summed E-state index contributed by atoms with van der Waals surface area (Å²) in [5, 5.41) is 0. The lowest BCUT2D eigenvalue weighted by Crippen LogP contribution is -2.11. The van der Waals surface area contributed by atoms with Crippen molar-refractivity contribution in [1.82, 2.24) is 4.98 Å². The van der Waals surface area contributed by atoms with E-state index in [0.29, 0.717) is 0 Å². The summed E-state index contributed by atoms with van der Waals surface area (Å²) < 4.78 is 6.03. The van der Waals surface area contributed by atoms with Crippen molar-refractivity contribution in [2.75, 3.05) is 0 Å². The van der Waals surface area contributed by atoms with Gasteiger partial charge in [-0.15, -0.1) is 0 Å². The van der Waals surface area contributed by atoms with Gasteiger partial charge in [0.05, 0.1) is 6.10 Å². The Kier molecular flexibility index (Phi) is 5.62. The molecule has 0 saturated heterocycles. The van der Waals surface area contributed by atoms with Crippen LogP contribution in [0.2, 0.25) is 0 Å². The Morgan fingerprint density at radius 1 is 0.875 bits per heavy atom. The molecule has 0 fully saturated rings. The van der Waals surface area contributed by atoms with Gasteiger partial charge in [-0.2, -0.15) is 0 Å². The molecule has 1 aromatic heterocycles. The fourth-order valence-corrected chi connectivity index (χ4v) is 2.79. The maximum atomic E-state index is 6.03. The molecule has 2 aromatic carbocycles. The predicted molar refractivity (Wildman–Crippen MR) is 99.1 cm³/mol. The van der Waals surface area contributed by atoms with Crippen LogP contribution in [0.5, 0.6) is 5.75 Å². The van der Waals surface area contributed by atoms with Crippen LogP contribution in [0.15, 0.2) is 79.1 Å². The average Bonchev–Trinajstić information content (AvgIpc) is 2.64. The fraction of sp³-hybridized carbons (Fsp3) is 0.227. The number of rotatable bonds is 7. The largest absolute Gasteiger partial charge is 0.491 e. The molecule has 0 amide bonds. The monoisotopic (exact) mass is 317 g/mol. The number of benzene rings is 2. The molecule has 2 nitrogen and oxygen atoms in total. The zero-order valence-electron chi connectivity index (χ0n) is 14.1. The summed E-state index contributed by atoms with van der Waals surface area (Å²) in [6.07, 6.45) is 7.16. The van der Waals surface area contributed by atoms with Crippen LogP contribution in [-0.4, -0.2) is 11.1 Å². The average molecular weight is 317 g/mol. The Labute approximate surface area is 144 Å². The van der Waals surface area contributed by atoms with E-state index in [1.807, 2.05) is 24.5 Å². The Morgan fingerprint density at radius 3 is 2.33 bits per heavy atom. The molecular formula is C22H23NO. The van der Waals surface area contributed by atoms with Crippen LogP contribution in [0.25, 0.3) is 11.1 Å². The Morgan fingerprint density at radius 2 is 1.62 bits per heavy atom. The van der Waals surface area contributed by atoms with Crippen LogP contribution in [0.1, 0.15) is 25.3 Å². The van der Waals surface area contributed by atoms with Crippen molar-refractivity contribution in [3.63, 3.8) is 0 Å². The first kappa shape index (κ1) is 16.3. The van der Waals surface area contributed by atoms with Crippen molar-refractivity contribution < 1.29 is 4.74 Å². The second-order valence-corrected chi connectivity index (χ2v) is 6.07. The minimum Gasteiger partial charge on any atom is -0.491 e. The van der Waals surface area contributed by atoms with Gasteiger partial charge >= 0.3 is 0 Å². The van der Waals surface area contributed by atoms with E-state index >= 15 is 0 Å². The molecule has 24 heavy (non-hydrogen) atoms. The van der Waals surface area contributed by atoms with Crippen molar-refractivity contribution in [3.8, 4) is 16.9 Å². The Hall–Kier alpha value is -2.61. The standard InChI is InChI=1S/C22H23NO/c1-18(7-5-8-19-9-6-16-23-17-19)24-22-14-12-21(13-15-22)20-10-3-2-4-11-20/h2-4,6,9-18H,5,7-8H2,1H3. The molecule has 0 aliphatic rings. The van der Waals surface area contributed by atoms with Crippen molar-refractivity contribution >= 4 is 0 Å². The molecule has 0 spiro atoms. The minimum atomic E-state index is 0.212. The quantitative estimate of drug-likeness (QED) is 0.571. The molecule has 0 aliphatic heterocycles. The molecular weight excluding hydrogens is 294 g/mol. The molecule has 1 heterocycles. The van der Waals surface area contributed by atoms with Gasteiger partial charge in [0.2, 0.25) is 0 Å². The summed E-state index contributed by atoms with van der Waals surface area (Å²) in [5.41, 5.74) is 3.73. The molecule has 0 N–H and O–H groups in total. The van der Waals surface area contributed by atoms with Gasteiger partial charge in [-0.05, 0) is 61.1 Å². The lowest BCUT2D eigenvalue weighted by Gasteiger charge is -2.15. The zero-order chi connectivity index (χ0) is 16.6. The number of pyridine rings is 1. The topological polar surface area (TPSA) is 22.1 Å². The van der Waals surface area contributed by atoms with Gasteiger partial charge in [0.1, 0.15) is 5.75 Å². The van der Waals surface area contributed by atoms with Gasteiger partial charge in [0.15, 0.2) is 0 Å². The van der Waals surface area contributed by atoms with E-state index in [-0.39, 0.29) is 6.10 Å². The molecule has 0 saturated carbocycles. The molecule has 3 rings (SSSR count). The molecule has 1 atom stereocenters. The Balaban J connectivity index is 1.48. The van der Waals surface area contributed by atoms with Gasteiger partial charge in [-0.25, -0.2) is 0 Å². The summed E-state index contributed by atoms with van der Waals surface area (Å²) in [5.74, 6) is 0.934. The van der Waals surface area contributed by atoms with Gasteiger partial charge < -0.3 is 4.74 Å². The fourth-order valence-electron chi connectivity index (χ4n) is 2.79. The summed E-state index contributed by atoms with van der Waals surface area (Å²) in [4.78, 5) is 4.15. The van der Waals surface area contributed by atoms with E-state index in [1.165, 1.54) is 16.7 Å². The van der Waals surface area contributed by atoms with Crippen molar-refractivity contribution in [2.45, 2.75) is 32.3 Å². The number of hydrogen-bond donors (Lipinski definition) is 0. The van der Waals surface area contributed by atoms with Crippen molar-refractivity contribution in [3.05, 3.63) is 84.7 Å². The number of hydrogen-bond acceptors (Lipinski definition) is 2. The van der Waals surface area contributed by atoms with E-state index < -0.39 is 0 Å². The number of aryl methyl sites for hydroxylation is 1. The smallest absolute Gasteiger partial charge is 0.119 e. The van der Waals surface area contributed by atoms with Crippen molar-refractivity contribution in [1.29, 1.82) is 0 Å². The predicted octanol–water partition coefficient (Wildman–Crippen LogP) is 5.54. The van der Waals surface area contributed by atoms with E-state index in [0.717, 1.165) is 25.0 Å². The first-order valence-corrected chi connectivity index (χ1v) is 8.52. The summed E-state index contributed by atoms with van der Waals surface area (Å²) in [6.45, 7) is 2.13. The highest BCUT2D eigenvalue weighted by molar-refractivity contribution is 5.63. The third kappa shape index (κ3) is 4.69. The Bertz CT molecular complexity index is 723. The van der Waals surface area contributed by atoms with Gasteiger partial charge in [-0.3, -0.25) is 4.98 Å². The number of aromatic nitrogens is 1. The normalized spacial score (nSPS) is 11.9. The number of ether oxygens (including phenoxy) is 1. The van der Waals surface area contributed by atoms with E-state index in [4.69, 9.17) is 4.74 Å². The van der Waals surface area contributed by atoms with E-state index in [2.05, 4.69) is 66.5 Å². The van der Waals surface area contributed by atoms with Crippen LogP contribution >= 0.6 is 0 Å². The summed E-state index contributed by atoms with van der Waals surface area (Å²) in [7, 11) is 0. The van der Waals surface area contributed by atoms with E-state index in [9.17, 15) is 0 Å². The SMILES string of the molecule is CC(CCCc1cccnc1)Oc1ccc(-c2ccccc2)cc1. The van der Waals surface area contributed by atoms with Crippen molar-refractivity contribution in [2.24, 2.45) is 0 Å². The second-order valence-electron chi connectivity index (χ2n) is 6.07. The molecule has 0 bridgehead atoms. The van der Waals surface area contributed by atoms with Crippen LogP contribution in [0.3, 0.4) is 0 Å². The van der Waals surface area contributed by atoms with Crippen LogP contribution in [-0.2, 0) is 6.42 Å². The highest BCUT2D eigenvalue weighted by Gasteiger charge is 2.05. The lowest BCUT2D eigenvalue weighted by molar-refractivity contribution is 0.208. The van der Waals surface area contributed by atoms with Gasteiger partial charge in [0, 0.05) is 12.4 Å². The minimum absolute atomic E-state index is 0.212. The highest BCUT2D eigenvalue weighted by atomic mass is 16.5. The first-order valence-electron chi connectivity index (χ1n) is 8.52. The molecule has 0 radical (unpaired) electrons. The lowest BCUT2D eigenvalue weighted by atomic mass is 10.1. The highest BCUT2D eigenvalue weighted by Crippen LogP contribution is 2.23. The summed E-state index contributed by atoms with van der Waals surface area (Å²) >= 11 is 0. The molecule has 2 heteroatoms. The van der Waals surface area contributed by atoms with Crippen LogP contribution < -0.4 is 4.74 Å². The first-order chi connectivity index (χ1) is 11.8. The zero-order valence-corrected chi connectivity index (χ0v) is 14.1. The van der Waals surface area contributed by atoms with E-state index in [1.54, 1.807) is 0 Å². The number of nitrogens with zero attached hydrogens (tertiary/aromatic N) is 1. The molecule has 3 aromatic rings. The molecule has 122 valence electrons. The van der Waals surface area contributed by atoms with Gasteiger partial charge in [-0.1, -0.05) is 48.5 Å². The molecule has 0 aliphatic carbocycles.